The molecule has 0 unspecified atom stereocenters. The van der Waals surface area contributed by atoms with Crippen LogP contribution in [-0.2, 0) is 0 Å². The number of nitro benzene ring substituents is 1. The van der Waals surface area contributed by atoms with Gasteiger partial charge in [0.15, 0.2) is 11.5 Å². The molecule has 144 valence electrons. The van der Waals surface area contributed by atoms with Gasteiger partial charge in [-0.1, -0.05) is 0 Å². The number of benzene rings is 1. The Morgan fingerprint density at radius 3 is 2.41 bits per heavy atom. The van der Waals surface area contributed by atoms with Crippen LogP contribution in [0.5, 0.6) is 11.5 Å². The van der Waals surface area contributed by atoms with Gasteiger partial charge in [-0.05, 0) is 22.0 Å². The van der Waals surface area contributed by atoms with E-state index >= 15 is 0 Å². The first kappa shape index (κ1) is 20.1. The van der Waals surface area contributed by atoms with Crippen LogP contribution in [0.2, 0.25) is 0 Å². The van der Waals surface area contributed by atoms with E-state index in [0.717, 1.165) is 13.2 Å². The first-order chi connectivity index (χ1) is 12.7. The van der Waals surface area contributed by atoms with Crippen molar-refractivity contribution in [3.8, 4) is 11.5 Å². The molecule has 0 saturated carbocycles. The number of aromatic amines is 1. The minimum atomic E-state index is -3.25. The maximum Gasteiger partial charge on any atom is 0.387 e. The minimum Gasteiger partial charge on any atom is -0.493 e. The number of aromatic nitrogens is 1. The first-order valence-corrected chi connectivity index (χ1v) is 7.78. The van der Waals surface area contributed by atoms with E-state index in [1.165, 1.54) is 12.3 Å². The number of methoxy groups -OCH3 is 1. The van der Waals surface area contributed by atoms with Crippen LogP contribution in [0.3, 0.4) is 0 Å². The maximum absolute atomic E-state index is 12.4. The van der Waals surface area contributed by atoms with Gasteiger partial charge < -0.3 is 14.5 Å². The molecule has 3 N–H and O–H groups in total. The topological polar surface area (TPSA) is 136 Å². The summed E-state index contributed by atoms with van der Waals surface area (Å²) in [4.78, 5) is 36.9. The second kappa shape index (κ2) is 8.44. The average molecular weight is 449 g/mol. The van der Waals surface area contributed by atoms with E-state index in [9.17, 15) is 28.5 Å². The Morgan fingerprint density at radius 2 is 1.89 bits per heavy atom. The molecule has 27 heavy (non-hydrogen) atoms. The molecule has 0 saturated heterocycles. The van der Waals surface area contributed by atoms with E-state index in [1.807, 2.05) is 5.43 Å². The SMILES string of the molecule is COc1cc(C(=O)NNC(=O)c2cc(Br)c[nH]2)c([N+](=O)[O-])cc1OC(F)F. The van der Waals surface area contributed by atoms with Gasteiger partial charge in [0.25, 0.3) is 17.5 Å². The zero-order valence-corrected chi connectivity index (χ0v) is 15.0. The molecular formula is C14H11BrF2N4O6. The number of hydrazine groups is 1. The predicted octanol–water partition coefficient (Wildman–Crippen LogP) is 2.37. The zero-order valence-electron chi connectivity index (χ0n) is 13.4. The van der Waals surface area contributed by atoms with Crippen LogP contribution in [0.15, 0.2) is 28.9 Å². The molecule has 1 heterocycles. The van der Waals surface area contributed by atoms with Crippen LogP contribution in [0.4, 0.5) is 14.5 Å². The van der Waals surface area contributed by atoms with Crippen molar-refractivity contribution in [3.05, 3.63) is 50.2 Å². The Hall–Kier alpha value is -3.22. The van der Waals surface area contributed by atoms with Crippen molar-refractivity contribution in [1.82, 2.24) is 15.8 Å². The summed E-state index contributed by atoms with van der Waals surface area (Å²) in [5, 5.41) is 11.2. The van der Waals surface area contributed by atoms with Crippen molar-refractivity contribution >= 4 is 33.4 Å². The van der Waals surface area contributed by atoms with Crippen LogP contribution < -0.4 is 20.3 Å². The second-order valence-electron chi connectivity index (χ2n) is 4.80. The molecule has 0 radical (unpaired) electrons. The monoisotopic (exact) mass is 448 g/mol. The largest absolute Gasteiger partial charge is 0.493 e. The lowest BCUT2D eigenvalue weighted by Gasteiger charge is -2.12. The number of nitro groups is 1. The number of carbonyl (C=O) groups excluding carboxylic acids is 2. The molecule has 1 aromatic carbocycles. The third-order valence-electron chi connectivity index (χ3n) is 3.12. The fourth-order valence-electron chi connectivity index (χ4n) is 1.98. The highest BCUT2D eigenvalue weighted by molar-refractivity contribution is 9.10. The van der Waals surface area contributed by atoms with Gasteiger partial charge in [0, 0.05) is 16.7 Å². The smallest absolute Gasteiger partial charge is 0.387 e. The number of alkyl halides is 2. The summed E-state index contributed by atoms with van der Waals surface area (Å²) in [5.74, 6) is -2.73. The summed E-state index contributed by atoms with van der Waals surface area (Å²) in [6.07, 6.45) is 1.48. The number of amides is 2. The Balaban J connectivity index is 2.25. The van der Waals surface area contributed by atoms with Crippen LogP contribution in [0.1, 0.15) is 20.8 Å². The lowest BCUT2D eigenvalue weighted by Crippen LogP contribution is -2.42. The molecule has 2 rings (SSSR count). The molecular weight excluding hydrogens is 438 g/mol. The van der Waals surface area contributed by atoms with E-state index < -0.39 is 40.3 Å². The molecule has 0 aliphatic carbocycles. The molecule has 2 aromatic rings. The highest BCUT2D eigenvalue weighted by Crippen LogP contribution is 2.35. The lowest BCUT2D eigenvalue weighted by atomic mass is 10.1. The number of rotatable bonds is 6. The second-order valence-corrected chi connectivity index (χ2v) is 5.71. The summed E-state index contributed by atoms with van der Waals surface area (Å²) in [5.41, 5.74) is 2.80. The van der Waals surface area contributed by atoms with Crippen LogP contribution >= 0.6 is 15.9 Å². The van der Waals surface area contributed by atoms with Crippen molar-refractivity contribution in [3.63, 3.8) is 0 Å². The molecule has 0 spiro atoms. The Bertz CT molecular complexity index is 888. The molecule has 0 bridgehead atoms. The number of hydrogen-bond donors (Lipinski definition) is 3. The average Bonchev–Trinajstić information content (AvgIpc) is 3.04. The summed E-state index contributed by atoms with van der Waals surface area (Å²) >= 11 is 3.13. The van der Waals surface area contributed by atoms with E-state index in [1.54, 1.807) is 0 Å². The van der Waals surface area contributed by atoms with Crippen LogP contribution in [0.25, 0.3) is 0 Å². The zero-order chi connectivity index (χ0) is 20.1. The molecule has 10 nitrogen and oxygen atoms in total. The fraction of sp³-hybridized carbons (Fsp3) is 0.143. The number of hydrogen-bond acceptors (Lipinski definition) is 6. The molecule has 0 aliphatic rings. The molecule has 2 amide bonds. The van der Waals surface area contributed by atoms with Crippen molar-refractivity contribution < 1.29 is 32.8 Å². The van der Waals surface area contributed by atoms with Crippen molar-refractivity contribution in [2.75, 3.05) is 7.11 Å². The molecule has 0 atom stereocenters. The third kappa shape index (κ3) is 4.91. The highest BCUT2D eigenvalue weighted by Gasteiger charge is 2.26. The fourth-order valence-corrected chi connectivity index (χ4v) is 2.32. The standard InChI is InChI=1S/C14H11BrF2N4O6/c1-26-10-3-7(9(21(24)25)4-11(10)27-14(16)17)12(22)19-20-13(23)8-2-6(15)5-18-8/h2-5,14,18H,1H3,(H,19,22)(H,20,23). The Kier molecular flexibility index (Phi) is 6.28. The number of halogens is 3. The van der Waals surface area contributed by atoms with Crippen LogP contribution in [0, 0.1) is 10.1 Å². The van der Waals surface area contributed by atoms with Crippen molar-refractivity contribution in [2.45, 2.75) is 6.61 Å². The van der Waals surface area contributed by atoms with Crippen molar-refractivity contribution in [1.29, 1.82) is 0 Å². The van der Waals surface area contributed by atoms with Crippen molar-refractivity contribution in [2.24, 2.45) is 0 Å². The number of H-pyrrole nitrogens is 1. The number of nitrogens with one attached hydrogen (secondary N) is 3. The minimum absolute atomic E-state index is 0.106. The summed E-state index contributed by atoms with van der Waals surface area (Å²) in [6, 6.07) is 2.91. The molecule has 13 heteroatoms. The molecule has 0 aliphatic heterocycles. The summed E-state index contributed by atoms with van der Waals surface area (Å²) in [6.45, 7) is -3.25. The quantitative estimate of drug-likeness (QED) is 0.458. The maximum atomic E-state index is 12.4. The lowest BCUT2D eigenvalue weighted by molar-refractivity contribution is -0.385. The molecule has 1 aromatic heterocycles. The Morgan fingerprint density at radius 1 is 1.22 bits per heavy atom. The Labute approximate surface area is 158 Å². The summed E-state index contributed by atoms with van der Waals surface area (Å²) in [7, 11) is 1.10. The summed E-state index contributed by atoms with van der Waals surface area (Å²) < 4.78 is 34.4. The van der Waals surface area contributed by atoms with Gasteiger partial charge in [-0.25, -0.2) is 0 Å². The van der Waals surface area contributed by atoms with E-state index in [4.69, 9.17) is 4.74 Å². The molecule has 0 fully saturated rings. The van der Waals surface area contributed by atoms with E-state index in [-0.39, 0.29) is 11.4 Å². The number of nitrogens with zero attached hydrogens (tertiary/aromatic N) is 1. The van der Waals surface area contributed by atoms with Gasteiger partial charge in [0.2, 0.25) is 0 Å². The number of carbonyl (C=O) groups is 2. The highest BCUT2D eigenvalue weighted by atomic mass is 79.9. The van der Waals surface area contributed by atoms with Gasteiger partial charge in [0.05, 0.1) is 18.1 Å². The third-order valence-corrected chi connectivity index (χ3v) is 3.58. The normalized spacial score (nSPS) is 10.4. The van der Waals surface area contributed by atoms with Gasteiger partial charge >= 0.3 is 6.61 Å². The first-order valence-electron chi connectivity index (χ1n) is 6.98. The number of ether oxygens (including phenoxy) is 2. The van der Waals surface area contributed by atoms with Gasteiger partial charge in [-0.15, -0.1) is 0 Å². The van der Waals surface area contributed by atoms with Gasteiger partial charge in [-0.2, -0.15) is 8.78 Å². The van der Waals surface area contributed by atoms with Gasteiger partial charge in [-0.3, -0.25) is 30.6 Å². The van der Waals surface area contributed by atoms with E-state index in [2.05, 4.69) is 31.1 Å². The van der Waals surface area contributed by atoms with E-state index in [0.29, 0.717) is 10.5 Å². The van der Waals surface area contributed by atoms with Crippen LogP contribution in [-0.4, -0.2) is 35.4 Å². The predicted molar refractivity (Wildman–Crippen MR) is 89.7 cm³/mol. The van der Waals surface area contributed by atoms with Gasteiger partial charge in [0.1, 0.15) is 11.3 Å².